The van der Waals surface area contributed by atoms with E-state index in [4.69, 9.17) is 4.74 Å². The van der Waals surface area contributed by atoms with Gasteiger partial charge in [-0.3, -0.25) is 0 Å². The maximum Gasteiger partial charge on any atom is 0.130 e. The molecule has 1 fully saturated rings. The second kappa shape index (κ2) is 11.7. The highest BCUT2D eigenvalue weighted by Gasteiger charge is 2.22. The van der Waals surface area contributed by atoms with Crippen LogP contribution in [0.4, 0.5) is 0 Å². The van der Waals surface area contributed by atoms with Gasteiger partial charge in [0.05, 0.1) is 13.2 Å². The summed E-state index contributed by atoms with van der Waals surface area (Å²) >= 11 is 0. The number of aryl methyl sites for hydroxylation is 1. The number of ether oxygens (including phenoxy) is 1. The minimum Gasteiger partial charge on any atom is -0.494 e. The van der Waals surface area contributed by atoms with E-state index in [9.17, 15) is 4.79 Å². The largest absolute Gasteiger partial charge is 0.494 e. The van der Waals surface area contributed by atoms with Crippen LogP contribution < -0.4 is 14.5 Å². The van der Waals surface area contributed by atoms with Gasteiger partial charge in [0, 0.05) is 12.0 Å². The second-order valence-corrected chi connectivity index (χ2v) is 8.31. The van der Waals surface area contributed by atoms with Gasteiger partial charge in [0.15, 0.2) is 0 Å². The molecule has 29 heavy (non-hydrogen) atoms. The number of ketones is 1. The third kappa shape index (κ3) is 8.00. The van der Waals surface area contributed by atoms with E-state index in [1.165, 1.54) is 50.3 Å². The maximum atomic E-state index is 11.1. The smallest absolute Gasteiger partial charge is 0.130 e. The van der Waals surface area contributed by atoms with E-state index < -0.39 is 0 Å². The molecule has 0 atom stereocenters. The summed E-state index contributed by atoms with van der Waals surface area (Å²) in [6, 6.07) is 19.0. The standard InChI is InChI=1S/C25H34N2O2/c1-22(28)9-10-23-11-13-25(14-12-23)29-20-6-5-15-26-16-18-27(19-17-26)21-24-7-3-2-4-8-24/h2-4,7-8,11-14H,5-6,9-10,15-21H2,1H3/p+2. The summed E-state index contributed by atoms with van der Waals surface area (Å²) < 4.78 is 5.88. The molecule has 0 bridgehead atoms. The Morgan fingerprint density at radius 3 is 2.24 bits per heavy atom. The van der Waals surface area contributed by atoms with Crippen LogP contribution in [0.5, 0.6) is 5.75 Å². The maximum absolute atomic E-state index is 11.1. The van der Waals surface area contributed by atoms with Crippen LogP contribution in [-0.2, 0) is 17.8 Å². The zero-order valence-electron chi connectivity index (χ0n) is 17.8. The Morgan fingerprint density at radius 2 is 1.55 bits per heavy atom. The van der Waals surface area contributed by atoms with Crippen LogP contribution in [-0.4, -0.2) is 45.1 Å². The predicted molar refractivity (Wildman–Crippen MR) is 117 cm³/mol. The van der Waals surface area contributed by atoms with Gasteiger partial charge in [0.1, 0.15) is 44.3 Å². The number of unbranched alkanes of at least 4 members (excludes halogenated alkanes) is 1. The third-order valence-electron chi connectivity index (χ3n) is 5.84. The Bertz CT molecular complexity index is 722. The third-order valence-corrected chi connectivity index (χ3v) is 5.84. The number of benzene rings is 2. The normalized spacial score (nSPS) is 19.1. The molecule has 0 spiro atoms. The van der Waals surface area contributed by atoms with Crippen molar-refractivity contribution in [2.24, 2.45) is 0 Å². The van der Waals surface area contributed by atoms with E-state index in [-0.39, 0.29) is 5.78 Å². The molecule has 2 aromatic rings. The molecule has 0 aromatic heterocycles. The van der Waals surface area contributed by atoms with E-state index >= 15 is 0 Å². The first-order valence-electron chi connectivity index (χ1n) is 11.1. The van der Waals surface area contributed by atoms with Gasteiger partial charge in [0.2, 0.25) is 0 Å². The molecule has 1 aliphatic rings. The molecule has 0 unspecified atom stereocenters. The average molecular weight is 397 g/mol. The number of Topliss-reactive ketones (excluding diaryl/α,β-unsaturated/α-hetero) is 1. The van der Waals surface area contributed by atoms with Crippen molar-refractivity contribution < 1.29 is 19.3 Å². The van der Waals surface area contributed by atoms with Crippen LogP contribution >= 0.6 is 0 Å². The summed E-state index contributed by atoms with van der Waals surface area (Å²) in [6.45, 7) is 9.96. The first kappa shape index (κ1) is 21.5. The zero-order chi connectivity index (χ0) is 20.3. The SMILES string of the molecule is CC(=O)CCc1ccc(OCCCC[NH+]2CC[NH+](Cc3ccccc3)CC2)cc1. The van der Waals surface area contributed by atoms with Crippen LogP contribution in [0.1, 0.15) is 37.3 Å². The molecule has 2 N–H and O–H groups in total. The molecule has 3 rings (SSSR count). The lowest BCUT2D eigenvalue weighted by atomic mass is 10.1. The fourth-order valence-corrected chi connectivity index (χ4v) is 4.01. The van der Waals surface area contributed by atoms with E-state index in [1.807, 2.05) is 12.1 Å². The van der Waals surface area contributed by atoms with Crippen LogP contribution in [0.25, 0.3) is 0 Å². The van der Waals surface area contributed by atoms with Crippen LogP contribution in [0.3, 0.4) is 0 Å². The number of hydrogen-bond acceptors (Lipinski definition) is 2. The Balaban J connectivity index is 1.24. The minimum atomic E-state index is 0.242. The number of hydrogen-bond donors (Lipinski definition) is 2. The van der Waals surface area contributed by atoms with Gasteiger partial charge < -0.3 is 19.3 Å². The van der Waals surface area contributed by atoms with E-state index in [2.05, 4.69) is 42.5 Å². The average Bonchev–Trinajstić information content (AvgIpc) is 2.75. The van der Waals surface area contributed by atoms with Crippen molar-refractivity contribution in [3.05, 3.63) is 65.7 Å². The highest BCUT2D eigenvalue weighted by Crippen LogP contribution is 2.14. The van der Waals surface area contributed by atoms with Crippen LogP contribution in [0.2, 0.25) is 0 Å². The highest BCUT2D eigenvalue weighted by atomic mass is 16.5. The number of carbonyl (C=O) groups is 1. The van der Waals surface area contributed by atoms with Gasteiger partial charge in [-0.1, -0.05) is 42.5 Å². The van der Waals surface area contributed by atoms with E-state index in [0.29, 0.717) is 6.42 Å². The van der Waals surface area contributed by atoms with E-state index in [1.54, 1.807) is 16.7 Å². The van der Waals surface area contributed by atoms with Gasteiger partial charge in [-0.2, -0.15) is 0 Å². The van der Waals surface area contributed by atoms with Crippen molar-refractivity contribution in [1.29, 1.82) is 0 Å². The van der Waals surface area contributed by atoms with Gasteiger partial charge >= 0.3 is 0 Å². The summed E-state index contributed by atoms with van der Waals surface area (Å²) in [7, 11) is 0. The zero-order valence-corrected chi connectivity index (χ0v) is 17.8. The molecular weight excluding hydrogens is 360 g/mol. The van der Waals surface area contributed by atoms with Gasteiger partial charge in [-0.05, 0) is 43.9 Å². The first-order chi connectivity index (χ1) is 14.2. The van der Waals surface area contributed by atoms with E-state index in [0.717, 1.165) is 31.7 Å². The highest BCUT2D eigenvalue weighted by molar-refractivity contribution is 5.75. The Labute approximate surface area is 175 Å². The Kier molecular flexibility index (Phi) is 8.72. The van der Waals surface area contributed by atoms with Gasteiger partial charge in [-0.15, -0.1) is 0 Å². The molecule has 0 aliphatic carbocycles. The molecule has 0 saturated carbocycles. The lowest BCUT2D eigenvalue weighted by Crippen LogP contribution is -3.27. The molecule has 156 valence electrons. The molecule has 1 heterocycles. The molecular formula is C25H36N2O2+2. The predicted octanol–water partition coefficient (Wildman–Crippen LogP) is 1.35. The van der Waals surface area contributed by atoms with Gasteiger partial charge in [0.25, 0.3) is 0 Å². The quantitative estimate of drug-likeness (QED) is 0.563. The number of carbonyl (C=O) groups excluding carboxylic acids is 1. The summed E-state index contributed by atoms with van der Waals surface area (Å²) in [5, 5.41) is 0. The van der Waals surface area contributed by atoms with Crippen molar-refractivity contribution in [3.63, 3.8) is 0 Å². The van der Waals surface area contributed by atoms with Crippen molar-refractivity contribution in [2.45, 2.75) is 39.2 Å². The van der Waals surface area contributed by atoms with Crippen molar-refractivity contribution in [1.82, 2.24) is 0 Å². The summed E-state index contributed by atoms with van der Waals surface area (Å²) in [5.41, 5.74) is 2.65. The Morgan fingerprint density at radius 1 is 0.862 bits per heavy atom. The fourth-order valence-electron chi connectivity index (χ4n) is 4.01. The van der Waals surface area contributed by atoms with Gasteiger partial charge in [-0.25, -0.2) is 0 Å². The minimum absolute atomic E-state index is 0.242. The van der Waals surface area contributed by atoms with Crippen molar-refractivity contribution >= 4 is 5.78 Å². The monoisotopic (exact) mass is 396 g/mol. The van der Waals surface area contributed by atoms with Crippen LogP contribution in [0, 0.1) is 0 Å². The summed E-state index contributed by atoms with van der Waals surface area (Å²) in [4.78, 5) is 14.5. The molecule has 4 nitrogen and oxygen atoms in total. The number of rotatable bonds is 11. The number of piperazine rings is 1. The fraction of sp³-hybridized carbons (Fsp3) is 0.480. The first-order valence-corrected chi connectivity index (χ1v) is 11.1. The molecule has 0 amide bonds. The molecule has 1 aliphatic heterocycles. The van der Waals surface area contributed by atoms with Crippen molar-refractivity contribution in [2.75, 3.05) is 39.3 Å². The lowest BCUT2D eigenvalue weighted by molar-refractivity contribution is -1.02. The Hall–Kier alpha value is -2.17. The summed E-state index contributed by atoms with van der Waals surface area (Å²) in [5.74, 6) is 1.17. The molecule has 0 radical (unpaired) electrons. The number of quaternary nitrogens is 2. The summed E-state index contributed by atoms with van der Waals surface area (Å²) in [6.07, 6.45) is 3.76. The number of nitrogens with one attached hydrogen (secondary N) is 2. The second-order valence-electron chi connectivity index (χ2n) is 8.31. The molecule has 2 aromatic carbocycles. The molecule has 1 saturated heterocycles. The molecule has 4 heteroatoms. The van der Waals surface area contributed by atoms with Crippen molar-refractivity contribution in [3.8, 4) is 5.75 Å². The van der Waals surface area contributed by atoms with Crippen LogP contribution in [0.15, 0.2) is 54.6 Å². The topological polar surface area (TPSA) is 35.2 Å². The lowest BCUT2D eigenvalue weighted by Gasteiger charge is -2.29.